The SMILES string of the molecule is CC(=O)CCC(CCO)C(CCO)CCC(C)=O. The van der Waals surface area contributed by atoms with Crippen LogP contribution in [0.15, 0.2) is 0 Å². The Morgan fingerprint density at radius 1 is 0.778 bits per heavy atom. The van der Waals surface area contributed by atoms with Gasteiger partial charge in [-0.25, -0.2) is 0 Å². The normalized spacial score (nSPS) is 14.2. The maximum absolute atomic E-state index is 11.0. The lowest BCUT2D eigenvalue weighted by molar-refractivity contribution is -0.118. The average molecular weight is 258 g/mol. The van der Waals surface area contributed by atoms with Crippen LogP contribution in [0.5, 0.6) is 0 Å². The monoisotopic (exact) mass is 258 g/mol. The van der Waals surface area contributed by atoms with E-state index in [1.54, 1.807) is 13.8 Å². The van der Waals surface area contributed by atoms with Crippen LogP contribution in [0, 0.1) is 11.8 Å². The summed E-state index contributed by atoms with van der Waals surface area (Å²) in [6.45, 7) is 3.30. The van der Waals surface area contributed by atoms with Crippen LogP contribution in [0.25, 0.3) is 0 Å². The number of hydrogen-bond donors (Lipinski definition) is 2. The lowest BCUT2D eigenvalue weighted by Gasteiger charge is -2.26. The molecule has 0 aliphatic carbocycles. The van der Waals surface area contributed by atoms with E-state index < -0.39 is 0 Å². The maximum Gasteiger partial charge on any atom is 0.129 e. The number of hydrogen-bond acceptors (Lipinski definition) is 4. The zero-order chi connectivity index (χ0) is 14.0. The zero-order valence-corrected chi connectivity index (χ0v) is 11.5. The van der Waals surface area contributed by atoms with Crippen LogP contribution in [0.1, 0.15) is 52.4 Å². The topological polar surface area (TPSA) is 74.6 Å². The van der Waals surface area contributed by atoms with E-state index in [1.807, 2.05) is 0 Å². The highest BCUT2D eigenvalue weighted by atomic mass is 16.3. The fraction of sp³-hybridized carbons (Fsp3) is 0.857. The minimum absolute atomic E-state index is 0.0879. The third kappa shape index (κ3) is 8.37. The highest BCUT2D eigenvalue weighted by molar-refractivity contribution is 5.75. The van der Waals surface area contributed by atoms with Crippen LogP contribution in [-0.2, 0) is 9.59 Å². The van der Waals surface area contributed by atoms with Gasteiger partial charge in [0.05, 0.1) is 0 Å². The number of aliphatic hydroxyl groups excluding tert-OH is 2. The summed E-state index contributed by atoms with van der Waals surface area (Å²) >= 11 is 0. The highest BCUT2D eigenvalue weighted by Gasteiger charge is 2.21. The Morgan fingerprint density at radius 2 is 1.11 bits per heavy atom. The summed E-state index contributed by atoms with van der Waals surface area (Å²) in [5.74, 6) is 0.718. The van der Waals surface area contributed by atoms with Crippen molar-refractivity contribution in [2.45, 2.75) is 52.4 Å². The molecule has 106 valence electrons. The van der Waals surface area contributed by atoms with E-state index >= 15 is 0 Å². The van der Waals surface area contributed by atoms with Crippen molar-refractivity contribution < 1.29 is 19.8 Å². The molecule has 0 heterocycles. The molecule has 0 aromatic carbocycles. The number of carbonyl (C=O) groups excluding carboxylic acids is 2. The summed E-state index contributed by atoms with van der Waals surface area (Å²) in [5, 5.41) is 18.2. The molecular weight excluding hydrogens is 232 g/mol. The molecule has 18 heavy (non-hydrogen) atoms. The summed E-state index contributed by atoms with van der Waals surface area (Å²) in [6.07, 6.45) is 3.75. The molecule has 0 aliphatic heterocycles. The molecule has 2 unspecified atom stereocenters. The van der Waals surface area contributed by atoms with Gasteiger partial charge < -0.3 is 19.8 Å². The molecule has 4 heteroatoms. The Kier molecular flexibility index (Phi) is 9.79. The first-order valence-corrected chi connectivity index (χ1v) is 6.71. The molecule has 0 aliphatic rings. The maximum atomic E-state index is 11.0. The first-order valence-electron chi connectivity index (χ1n) is 6.71. The Bertz CT molecular complexity index is 224. The van der Waals surface area contributed by atoms with E-state index in [-0.39, 0.29) is 36.6 Å². The lowest BCUT2D eigenvalue weighted by atomic mass is 9.80. The Labute approximate surface area is 109 Å². The summed E-state index contributed by atoms with van der Waals surface area (Å²) in [4.78, 5) is 22.1. The fourth-order valence-corrected chi connectivity index (χ4v) is 2.34. The molecule has 0 radical (unpaired) electrons. The summed E-state index contributed by atoms with van der Waals surface area (Å²) in [7, 11) is 0. The van der Waals surface area contributed by atoms with E-state index in [9.17, 15) is 9.59 Å². The van der Waals surface area contributed by atoms with Gasteiger partial charge >= 0.3 is 0 Å². The molecule has 0 spiro atoms. The van der Waals surface area contributed by atoms with Crippen molar-refractivity contribution in [3.8, 4) is 0 Å². The largest absolute Gasteiger partial charge is 0.396 e. The molecule has 0 aromatic heterocycles. The zero-order valence-electron chi connectivity index (χ0n) is 11.5. The molecular formula is C14H26O4. The van der Waals surface area contributed by atoms with Gasteiger partial charge in [0, 0.05) is 26.1 Å². The van der Waals surface area contributed by atoms with E-state index in [4.69, 9.17) is 10.2 Å². The van der Waals surface area contributed by atoms with Gasteiger partial charge in [0.25, 0.3) is 0 Å². The molecule has 0 amide bonds. The first kappa shape index (κ1) is 17.3. The second kappa shape index (κ2) is 10.2. The van der Waals surface area contributed by atoms with Crippen LogP contribution in [0.3, 0.4) is 0 Å². The molecule has 0 bridgehead atoms. The van der Waals surface area contributed by atoms with E-state index in [0.29, 0.717) is 25.7 Å². The van der Waals surface area contributed by atoms with Crippen molar-refractivity contribution >= 4 is 11.6 Å². The van der Waals surface area contributed by atoms with Crippen LogP contribution in [0.4, 0.5) is 0 Å². The standard InChI is InChI=1S/C14H26O4/c1-11(17)3-5-13(7-9-15)14(8-10-16)6-4-12(2)18/h13-16H,3-10H2,1-2H3. The number of Topliss-reactive ketones (excluding diaryl/α,β-unsaturated/α-hetero) is 2. The summed E-state index contributed by atoms with van der Waals surface area (Å²) in [5.41, 5.74) is 0. The third-order valence-corrected chi connectivity index (χ3v) is 3.40. The molecule has 0 rings (SSSR count). The van der Waals surface area contributed by atoms with Crippen molar-refractivity contribution in [2.75, 3.05) is 13.2 Å². The van der Waals surface area contributed by atoms with Crippen LogP contribution in [-0.4, -0.2) is 35.0 Å². The highest BCUT2D eigenvalue weighted by Crippen LogP contribution is 2.28. The van der Waals surface area contributed by atoms with Gasteiger partial charge in [-0.1, -0.05) is 0 Å². The second-order valence-electron chi connectivity index (χ2n) is 5.03. The first-order chi connectivity index (χ1) is 8.51. The van der Waals surface area contributed by atoms with Crippen molar-refractivity contribution in [1.29, 1.82) is 0 Å². The minimum atomic E-state index is 0.0879. The van der Waals surface area contributed by atoms with Gasteiger partial charge in [-0.2, -0.15) is 0 Å². The minimum Gasteiger partial charge on any atom is -0.396 e. The van der Waals surface area contributed by atoms with Gasteiger partial charge in [0.15, 0.2) is 0 Å². The molecule has 0 saturated heterocycles. The molecule has 4 nitrogen and oxygen atoms in total. The number of carbonyl (C=O) groups is 2. The smallest absolute Gasteiger partial charge is 0.129 e. The van der Waals surface area contributed by atoms with Gasteiger partial charge in [-0.15, -0.1) is 0 Å². The fourth-order valence-electron chi connectivity index (χ4n) is 2.34. The molecule has 0 saturated carbocycles. The lowest BCUT2D eigenvalue weighted by Crippen LogP contribution is -2.19. The van der Waals surface area contributed by atoms with Gasteiger partial charge in [0.1, 0.15) is 11.6 Å². The summed E-state index contributed by atoms with van der Waals surface area (Å²) in [6, 6.07) is 0. The second-order valence-corrected chi connectivity index (χ2v) is 5.03. The van der Waals surface area contributed by atoms with E-state index in [2.05, 4.69) is 0 Å². The van der Waals surface area contributed by atoms with Crippen LogP contribution < -0.4 is 0 Å². The predicted molar refractivity (Wildman–Crippen MR) is 70.2 cm³/mol. The predicted octanol–water partition coefficient (Wildman–Crippen LogP) is 1.72. The van der Waals surface area contributed by atoms with Crippen molar-refractivity contribution in [1.82, 2.24) is 0 Å². The number of ketones is 2. The van der Waals surface area contributed by atoms with Crippen LogP contribution >= 0.6 is 0 Å². The molecule has 0 fully saturated rings. The van der Waals surface area contributed by atoms with E-state index in [0.717, 1.165) is 12.8 Å². The van der Waals surface area contributed by atoms with Gasteiger partial charge in [-0.3, -0.25) is 0 Å². The van der Waals surface area contributed by atoms with Crippen molar-refractivity contribution in [2.24, 2.45) is 11.8 Å². The third-order valence-electron chi connectivity index (χ3n) is 3.40. The van der Waals surface area contributed by atoms with Crippen molar-refractivity contribution in [3.63, 3.8) is 0 Å². The molecule has 2 N–H and O–H groups in total. The number of aliphatic hydroxyl groups is 2. The Hall–Kier alpha value is -0.740. The quantitative estimate of drug-likeness (QED) is 0.592. The van der Waals surface area contributed by atoms with Crippen LogP contribution in [0.2, 0.25) is 0 Å². The van der Waals surface area contributed by atoms with Crippen molar-refractivity contribution in [3.05, 3.63) is 0 Å². The molecule has 2 atom stereocenters. The summed E-state index contributed by atoms with van der Waals surface area (Å²) < 4.78 is 0. The van der Waals surface area contributed by atoms with Gasteiger partial charge in [0.2, 0.25) is 0 Å². The Balaban J connectivity index is 4.42. The number of rotatable bonds is 11. The molecule has 0 aromatic rings. The Morgan fingerprint density at radius 3 is 1.33 bits per heavy atom. The van der Waals surface area contributed by atoms with Gasteiger partial charge in [-0.05, 0) is 51.4 Å². The average Bonchev–Trinajstić information content (AvgIpc) is 2.29. The van der Waals surface area contributed by atoms with E-state index in [1.165, 1.54) is 0 Å².